The molecule has 116 valence electrons. The van der Waals surface area contributed by atoms with Crippen molar-refractivity contribution in [1.29, 1.82) is 0 Å². The van der Waals surface area contributed by atoms with Gasteiger partial charge in [-0.15, -0.1) is 0 Å². The minimum atomic E-state index is 0.0904. The maximum atomic E-state index is 6.19. The first-order valence-corrected chi connectivity index (χ1v) is 8.98. The van der Waals surface area contributed by atoms with E-state index in [-0.39, 0.29) is 11.6 Å². The van der Waals surface area contributed by atoms with Crippen LogP contribution in [0.2, 0.25) is 0 Å². The fourth-order valence-electron chi connectivity index (χ4n) is 3.63. The number of hydrazine groups is 1. The molecule has 2 aliphatic rings. The molecule has 2 aliphatic heterocycles. The van der Waals surface area contributed by atoms with Crippen LogP contribution >= 0.6 is 11.8 Å². The van der Waals surface area contributed by atoms with Crippen molar-refractivity contribution in [1.82, 2.24) is 10.4 Å². The smallest absolute Gasteiger partial charge is 0.0701 e. The van der Waals surface area contributed by atoms with E-state index in [4.69, 9.17) is 10.6 Å². The molecule has 1 aromatic rings. The van der Waals surface area contributed by atoms with Crippen LogP contribution in [0.4, 0.5) is 0 Å². The van der Waals surface area contributed by atoms with E-state index in [1.165, 1.54) is 29.9 Å². The Morgan fingerprint density at radius 1 is 1.48 bits per heavy atom. The van der Waals surface area contributed by atoms with Gasteiger partial charge in [0.1, 0.15) is 0 Å². The van der Waals surface area contributed by atoms with Crippen LogP contribution in [-0.2, 0) is 4.74 Å². The lowest BCUT2D eigenvalue weighted by Gasteiger charge is -2.45. The second-order valence-corrected chi connectivity index (χ2v) is 7.52. The van der Waals surface area contributed by atoms with Crippen LogP contribution < -0.4 is 11.3 Å². The Morgan fingerprint density at radius 2 is 2.29 bits per heavy atom. The van der Waals surface area contributed by atoms with Gasteiger partial charge >= 0.3 is 0 Å². The molecule has 0 amide bonds. The van der Waals surface area contributed by atoms with Crippen molar-refractivity contribution >= 4 is 11.8 Å². The molecule has 2 unspecified atom stereocenters. The molecule has 2 atom stereocenters. The molecular weight excluding hydrogens is 282 g/mol. The zero-order chi connectivity index (χ0) is 14.7. The summed E-state index contributed by atoms with van der Waals surface area (Å²) in [5, 5.41) is 0. The summed E-state index contributed by atoms with van der Waals surface area (Å²) in [7, 11) is 0. The summed E-state index contributed by atoms with van der Waals surface area (Å²) in [4.78, 5) is 4.53. The Hall–Kier alpha value is -0.620. The maximum Gasteiger partial charge on any atom is 0.0701 e. The van der Waals surface area contributed by atoms with E-state index in [0.717, 1.165) is 25.1 Å². The topological polar surface area (TPSA) is 60.2 Å². The van der Waals surface area contributed by atoms with Crippen LogP contribution in [0.15, 0.2) is 18.3 Å². The van der Waals surface area contributed by atoms with Crippen LogP contribution in [0, 0.1) is 12.8 Å². The quantitative estimate of drug-likeness (QED) is 0.664. The van der Waals surface area contributed by atoms with Crippen molar-refractivity contribution in [3.8, 4) is 0 Å². The Kier molecular flexibility index (Phi) is 4.84. The maximum absolute atomic E-state index is 6.19. The van der Waals surface area contributed by atoms with Crippen LogP contribution in [0.25, 0.3) is 0 Å². The fourth-order valence-corrected chi connectivity index (χ4v) is 4.87. The summed E-state index contributed by atoms with van der Waals surface area (Å²) in [6, 6.07) is 4.30. The van der Waals surface area contributed by atoms with Crippen LogP contribution in [0.1, 0.15) is 43.0 Å². The predicted octanol–water partition coefficient (Wildman–Crippen LogP) is 2.59. The molecule has 4 nitrogen and oxygen atoms in total. The number of pyridine rings is 1. The first-order chi connectivity index (χ1) is 10.2. The van der Waals surface area contributed by atoms with Gasteiger partial charge in [-0.25, -0.2) is 0 Å². The van der Waals surface area contributed by atoms with Crippen LogP contribution in [0.5, 0.6) is 0 Å². The normalized spacial score (nSPS) is 26.7. The van der Waals surface area contributed by atoms with E-state index in [0.29, 0.717) is 5.92 Å². The number of nitrogens with two attached hydrogens (primary N) is 1. The Bertz CT molecular complexity index is 471. The van der Waals surface area contributed by atoms with Gasteiger partial charge in [-0.1, -0.05) is 0 Å². The van der Waals surface area contributed by atoms with E-state index in [1.807, 2.05) is 24.0 Å². The van der Waals surface area contributed by atoms with Crippen molar-refractivity contribution in [3.63, 3.8) is 0 Å². The van der Waals surface area contributed by atoms with Crippen molar-refractivity contribution in [2.75, 3.05) is 18.1 Å². The van der Waals surface area contributed by atoms with Crippen LogP contribution in [0.3, 0.4) is 0 Å². The third-order valence-corrected chi connectivity index (χ3v) is 5.83. The number of hydrogen-bond acceptors (Lipinski definition) is 5. The Morgan fingerprint density at radius 3 is 3.00 bits per heavy atom. The molecule has 3 rings (SSSR count). The van der Waals surface area contributed by atoms with Crippen LogP contribution in [-0.4, -0.2) is 28.7 Å². The SMILES string of the molecule is Cc1ccnc(C(NN)C2CCOC3(CCSCC3)C2)c1. The summed E-state index contributed by atoms with van der Waals surface area (Å²) >= 11 is 2.04. The highest BCUT2D eigenvalue weighted by molar-refractivity contribution is 7.99. The second-order valence-electron chi connectivity index (χ2n) is 6.30. The number of ether oxygens (including phenoxy) is 1. The zero-order valence-corrected chi connectivity index (χ0v) is 13.5. The van der Waals surface area contributed by atoms with Crippen molar-refractivity contribution in [3.05, 3.63) is 29.6 Å². The van der Waals surface area contributed by atoms with Crippen molar-refractivity contribution < 1.29 is 4.74 Å². The largest absolute Gasteiger partial charge is 0.375 e. The lowest BCUT2D eigenvalue weighted by atomic mass is 9.78. The number of aromatic nitrogens is 1. The van der Waals surface area contributed by atoms with E-state index in [9.17, 15) is 0 Å². The van der Waals surface area contributed by atoms with Gasteiger partial charge in [-0.3, -0.25) is 16.3 Å². The van der Waals surface area contributed by atoms with Gasteiger partial charge in [0.2, 0.25) is 0 Å². The van der Waals surface area contributed by atoms with Gasteiger partial charge in [0.05, 0.1) is 17.3 Å². The molecule has 5 heteroatoms. The molecular formula is C16H25N3OS. The number of nitrogens with zero attached hydrogens (tertiary/aromatic N) is 1. The summed E-state index contributed by atoms with van der Waals surface area (Å²) in [5.41, 5.74) is 5.40. The molecule has 0 saturated carbocycles. The average Bonchev–Trinajstić information content (AvgIpc) is 2.49. The molecule has 0 bridgehead atoms. The number of rotatable bonds is 3. The van der Waals surface area contributed by atoms with Crippen molar-refractivity contribution in [2.45, 2.75) is 44.2 Å². The molecule has 3 N–H and O–H groups in total. The highest BCUT2D eigenvalue weighted by Gasteiger charge is 2.41. The summed E-state index contributed by atoms with van der Waals surface area (Å²) in [6.07, 6.45) is 6.37. The molecule has 0 aliphatic carbocycles. The number of aryl methyl sites for hydroxylation is 1. The molecule has 21 heavy (non-hydrogen) atoms. The van der Waals surface area contributed by atoms with Gasteiger partial charge < -0.3 is 4.74 Å². The van der Waals surface area contributed by atoms with Gasteiger partial charge in [0.25, 0.3) is 0 Å². The molecule has 0 radical (unpaired) electrons. The van der Waals surface area contributed by atoms with Gasteiger partial charge in [-0.05, 0) is 67.7 Å². The molecule has 2 saturated heterocycles. The van der Waals surface area contributed by atoms with E-state index in [1.54, 1.807) is 0 Å². The summed E-state index contributed by atoms with van der Waals surface area (Å²) in [5.74, 6) is 8.81. The van der Waals surface area contributed by atoms with Gasteiger partial charge in [0, 0.05) is 12.8 Å². The second kappa shape index (κ2) is 6.65. The summed E-state index contributed by atoms with van der Waals surface area (Å²) in [6.45, 7) is 2.95. The van der Waals surface area contributed by atoms with E-state index in [2.05, 4.69) is 23.4 Å². The first kappa shape index (κ1) is 15.3. The van der Waals surface area contributed by atoms with E-state index < -0.39 is 0 Å². The lowest BCUT2D eigenvalue weighted by Crippen LogP contribution is -2.46. The first-order valence-electron chi connectivity index (χ1n) is 7.83. The summed E-state index contributed by atoms with van der Waals surface area (Å²) < 4.78 is 6.19. The highest BCUT2D eigenvalue weighted by Crippen LogP contribution is 2.43. The van der Waals surface area contributed by atoms with E-state index >= 15 is 0 Å². The fraction of sp³-hybridized carbons (Fsp3) is 0.688. The Balaban J connectivity index is 1.77. The average molecular weight is 307 g/mol. The predicted molar refractivity (Wildman–Crippen MR) is 87.0 cm³/mol. The zero-order valence-electron chi connectivity index (χ0n) is 12.7. The molecule has 2 fully saturated rings. The Labute approximate surface area is 131 Å². The molecule has 1 spiro atoms. The molecule has 1 aromatic heterocycles. The monoisotopic (exact) mass is 307 g/mol. The number of thioether (sulfide) groups is 1. The third kappa shape index (κ3) is 3.42. The van der Waals surface area contributed by atoms with Gasteiger partial charge in [0.15, 0.2) is 0 Å². The number of hydrogen-bond donors (Lipinski definition) is 2. The lowest BCUT2D eigenvalue weighted by molar-refractivity contribution is -0.107. The third-order valence-electron chi connectivity index (χ3n) is 4.84. The highest BCUT2D eigenvalue weighted by atomic mass is 32.2. The standard InChI is InChI=1S/C16H25N3OS/c1-12-2-6-18-14(10-12)15(19-17)13-3-7-20-16(11-13)4-8-21-9-5-16/h2,6,10,13,15,19H,3-5,7-9,11,17H2,1H3. The minimum absolute atomic E-state index is 0.0904. The number of nitrogens with one attached hydrogen (secondary N) is 1. The minimum Gasteiger partial charge on any atom is -0.375 e. The molecule has 0 aromatic carbocycles. The van der Waals surface area contributed by atoms with Gasteiger partial charge in [-0.2, -0.15) is 11.8 Å². The van der Waals surface area contributed by atoms with Crippen molar-refractivity contribution in [2.24, 2.45) is 11.8 Å². The molecule has 3 heterocycles.